The Bertz CT molecular complexity index is 535. The van der Waals surface area contributed by atoms with Crippen LogP contribution in [0.1, 0.15) is 17.2 Å². The largest absolute Gasteiger partial charge is 0.379 e. The highest BCUT2D eigenvalue weighted by Gasteiger charge is 2.23. The van der Waals surface area contributed by atoms with E-state index < -0.39 is 0 Å². The Hall–Kier alpha value is -1.35. The number of benzene rings is 2. The fourth-order valence-electron chi connectivity index (χ4n) is 2.73. The highest BCUT2D eigenvalue weighted by atomic mass is 35.5. The van der Waals surface area contributed by atoms with Crippen LogP contribution >= 0.6 is 11.6 Å². The summed E-state index contributed by atoms with van der Waals surface area (Å²) in [6.45, 7) is 3.53. The van der Waals surface area contributed by atoms with Crippen LogP contribution in [0.15, 0.2) is 54.6 Å². The molecule has 0 saturated carbocycles. The third-order valence-electron chi connectivity index (χ3n) is 3.71. The maximum atomic E-state index is 6.01. The highest BCUT2D eigenvalue weighted by molar-refractivity contribution is 6.30. The lowest BCUT2D eigenvalue weighted by molar-refractivity contribution is 0.0239. The van der Waals surface area contributed by atoms with E-state index in [9.17, 15) is 0 Å². The van der Waals surface area contributed by atoms with Crippen LogP contribution in [0.4, 0.5) is 0 Å². The Balaban J connectivity index is 1.96. The van der Waals surface area contributed by atoms with Gasteiger partial charge in [-0.25, -0.2) is 0 Å². The number of morpholine rings is 1. The molecule has 0 N–H and O–H groups in total. The average Bonchev–Trinajstić information content (AvgIpc) is 2.52. The standard InChI is InChI=1S/C17H18ClNO/c18-16-8-6-15(7-9-16)17(14-4-2-1-3-5-14)19-10-12-20-13-11-19/h1-9,17H,10-13H2. The third kappa shape index (κ3) is 3.04. The molecule has 1 aliphatic heterocycles. The van der Waals surface area contributed by atoms with Gasteiger partial charge in [0.2, 0.25) is 0 Å². The van der Waals surface area contributed by atoms with Gasteiger partial charge in [0.1, 0.15) is 0 Å². The molecule has 3 rings (SSSR count). The summed E-state index contributed by atoms with van der Waals surface area (Å²) < 4.78 is 5.48. The van der Waals surface area contributed by atoms with E-state index in [4.69, 9.17) is 16.3 Å². The van der Waals surface area contributed by atoms with Gasteiger partial charge >= 0.3 is 0 Å². The quantitative estimate of drug-likeness (QED) is 0.852. The molecule has 2 nitrogen and oxygen atoms in total. The first-order chi connectivity index (χ1) is 9.84. The van der Waals surface area contributed by atoms with E-state index in [1.807, 2.05) is 12.1 Å². The fraction of sp³-hybridized carbons (Fsp3) is 0.294. The summed E-state index contributed by atoms with van der Waals surface area (Å²) in [5, 5.41) is 0.780. The predicted octanol–water partition coefficient (Wildman–Crippen LogP) is 3.76. The van der Waals surface area contributed by atoms with E-state index >= 15 is 0 Å². The molecular weight excluding hydrogens is 270 g/mol. The Labute approximate surface area is 124 Å². The molecule has 1 aliphatic rings. The van der Waals surface area contributed by atoms with Gasteiger partial charge < -0.3 is 4.74 Å². The normalized spacial score (nSPS) is 17.9. The van der Waals surface area contributed by atoms with E-state index in [0.717, 1.165) is 31.3 Å². The SMILES string of the molecule is Clc1ccc(C(c2ccccc2)N2CCOCC2)cc1. The van der Waals surface area contributed by atoms with Crippen molar-refractivity contribution in [2.24, 2.45) is 0 Å². The van der Waals surface area contributed by atoms with Crippen LogP contribution in [-0.4, -0.2) is 31.2 Å². The van der Waals surface area contributed by atoms with Crippen LogP contribution in [0.2, 0.25) is 5.02 Å². The summed E-state index contributed by atoms with van der Waals surface area (Å²) in [5.41, 5.74) is 2.60. The van der Waals surface area contributed by atoms with Crippen molar-refractivity contribution in [1.29, 1.82) is 0 Å². The summed E-state index contributed by atoms with van der Waals surface area (Å²) in [6.07, 6.45) is 0. The fourth-order valence-corrected chi connectivity index (χ4v) is 2.86. The van der Waals surface area contributed by atoms with Crippen LogP contribution in [0.3, 0.4) is 0 Å². The summed E-state index contributed by atoms with van der Waals surface area (Å²) in [4.78, 5) is 2.47. The molecule has 1 atom stereocenters. The van der Waals surface area contributed by atoms with E-state index in [0.29, 0.717) is 0 Å². The minimum absolute atomic E-state index is 0.275. The Morgan fingerprint density at radius 3 is 2.10 bits per heavy atom. The first kappa shape index (κ1) is 13.6. The van der Waals surface area contributed by atoms with Gasteiger partial charge in [0, 0.05) is 18.1 Å². The maximum Gasteiger partial charge on any atom is 0.0603 e. The summed E-state index contributed by atoms with van der Waals surface area (Å²) in [5.74, 6) is 0. The van der Waals surface area contributed by atoms with Crippen LogP contribution in [0.25, 0.3) is 0 Å². The molecule has 2 aromatic carbocycles. The van der Waals surface area contributed by atoms with Crippen molar-refractivity contribution in [3.63, 3.8) is 0 Å². The minimum Gasteiger partial charge on any atom is -0.379 e. The molecule has 20 heavy (non-hydrogen) atoms. The number of hydrogen-bond donors (Lipinski definition) is 0. The van der Waals surface area contributed by atoms with Gasteiger partial charge in [0.25, 0.3) is 0 Å². The molecule has 1 heterocycles. The van der Waals surface area contributed by atoms with Crippen molar-refractivity contribution in [2.45, 2.75) is 6.04 Å². The van der Waals surface area contributed by atoms with E-state index in [-0.39, 0.29) is 6.04 Å². The second-order valence-electron chi connectivity index (χ2n) is 5.01. The van der Waals surface area contributed by atoms with Gasteiger partial charge in [-0.05, 0) is 23.3 Å². The molecule has 2 aromatic rings. The average molecular weight is 288 g/mol. The Morgan fingerprint density at radius 1 is 0.850 bits per heavy atom. The Kier molecular flexibility index (Phi) is 4.36. The molecule has 0 amide bonds. The summed E-state index contributed by atoms with van der Waals surface area (Å²) >= 11 is 6.01. The molecule has 0 aliphatic carbocycles. The first-order valence-corrected chi connectivity index (χ1v) is 7.34. The molecule has 0 spiro atoms. The van der Waals surface area contributed by atoms with Gasteiger partial charge in [-0.3, -0.25) is 4.90 Å². The zero-order valence-electron chi connectivity index (χ0n) is 11.3. The molecule has 0 radical (unpaired) electrons. The van der Waals surface area contributed by atoms with Gasteiger partial charge in [-0.1, -0.05) is 54.1 Å². The monoisotopic (exact) mass is 287 g/mol. The topological polar surface area (TPSA) is 12.5 Å². The van der Waals surface area contributed by atoms with Crippen LogP contribution in [0, 0.1) is 0 Å². The van der Waals surface area contributed by atoms with Crippen LogP contribution < -0.4 is 0 Å². The second kappa shape index (κ2) is 6.40. The minimum atomic E-state index is 0.275. The molecule has 0 bridgehead atoms. The maximum absolute atomic E-state index is 6.01. The van der Waals surface area contributed by atoms with Crippen molar-refractivity contribution in [3.8, 4) is 0 Å². The molecule has 1 unspecified atom stereocenters. The molecule has 1 saturated heterocycles. The van der Waals surface area contributed by atoms with Crippen molar-refractivity contribution >= 4 is 11.6 Å². The number of ether oxygens (including phenoxy) is 1. The van der Waals surface area contributed by atoms with Crippen LogP contribution in [0.5, 0.6) is 0 Å². The smallest absolute Gasteiger partial charge is 0.0603 e. The zero-order chi connectivity index (χ0) is 13.8. The first-order valence-electron chi connectivity index (χ1n) is 6.97. The third-order valence-corrected chi connectivity index (χ3v) is 3.96. The lowest BCUT2D eigenvalue weighted by Crippen LogP contribution is -2.39. The highest BCUT2D eigenvalue weighted by Crippen LogP contribution is 2.29. The van der Waals surface area contributed by atoms with Gasteiger partial charge in [-0.15, -0.1) is 0 Å². The lowest BCUT2D eigenvalue weighted by Gasteiger charge is -2.35. The second-order valence-corrected chi connectivity index (χ2v) is 5.45. The molecule has 1 fully saturated rings. The lowest BCUT2D eigenvalue weighted by atomic mass is 9.97. The zero-order valence-corrected chi connectivity index (χ0v) is 12.1. The van der Waals surface area contributed by atoms with E-state index in [1.54, 1.807) is 0 Å². The molecule has 104 valence electrons. The number of hydrogen-bond acceptors (Lipinski definition) is 2. The van der Waals surface area contributed by atoms with Crippen molar-refractivity contribution in [1.82, 2.24) is 4.90 Å². The van der Waals surface area contributed by atoms with Crippen LogP contribution in [-0.2, 0) is 4.74 Å². The van der Waals surface area contributed by atoms with Crippen molar-refractivity contribution in [3.05, 3.63) is 70.7 Å². The molecule has 0 aromatic heterocycles. The van der Waals surface area contributed by atoms with Crippen molar-refractivity contribution in [2.75, 3.05) is 26.3 Å². The van der Waals surface area contributed by atoms with Gasteiger partial charge in [0.05, 0.1) is 19.3 Å². The predicted molar refractivity (Wildman–Crippen MR) is 82.1 cm³/mol. The molecule has 3 heteroatoms. The molecular formula is C17H18ClNO. The number of nitrogens with zero attached hydrogens (tertiary/aromatic N) is 1. The van der Waals surface area contributed by atoms with Gasteiger partial charge in [0.15, 0.2) is 0 Å². The van der Waals surface area contributed by atoms with Gasteiger partial charge in [-0.2, -0.15) is 0 Å². The Morgan fingerprint density at radius 2 is 1.45 bits per heavy atom. The summed E-state index contributed by atoms with van der Waals surface area (Å²) in [7, 11) is 0. The van der Waals surface area contributed by atoms with E-state index in [1.165, 1.54) is 11.1 Å². The number of halogens is 1. The number of rotatable bonds is 3. The summed E-state index contributed by atoms with van der Waals surface area (Å²) in [6, 6.07) is 19.1. The van der Waals surface area contributed by atoms with E-state index in [2.05, 4.69) is 47.4 Å². The van der Waals surface area contributed by atoms with Crippen molar-refractivity contribution < 1.29 is 4.74 Å².